The summed E-state index contributed by atoms with van der Waals surface area (Å²) in [5.41, 5.74) is 3.37. The summed E-state index contributed by atoms with van der Waals surface area (Å²) in [6, 6.07) is 7.23. The molecule has 1 unspecified atom stereocenters. The number of carboxylic acid groups (broad SMARTS) is 1. The Morgan fingerprint density at radius 3 is 2.77 bits per heavy atom. The van der Waals surface area contributed by atoms with Gasteiger partial charge in [-0.1, -0.05) is 6.07 Å². The van der Waals surface area contributed by atoms with Gasteiger partial charge >= 0.3 is 5.97 Å². The lowest BCUT2D eigenvalue weighted by atomic mass is 10.0. The fourth-order valence-corrected chi connectivity index (χ4v) is 2.86. The van der Waals surface area contributed by atoms with Crippen molar-refractivity contribution in [3.05, 3.63) is 52.3 Å². The average Bonchev–Trinajstić information content (AvgIpc) is 2.73. The molecular formula is C17H17NO4. The molecule has 0 amide bonds. The van der Waals surface area contributed by atoms with Gasteiger partial charge in [0.1, 0.15) is 12.4 Å². The van der Waals surface area contributed by atoms with E-state index in [1.165, 1.54) is 0 Å². The summed E-state index contributed by atoms with van der Waals surface area (Å²) in [4.78, 5) is 24.0. The average molecular weight is 299 g/mol. The highest BCUT2D eigenvalue weighted by molar-refractivity contribution is 6.11. The summed E-state index contributed by atoms with van der Waals surface area (Å²) < 4.78 is 7.43. The second kappa shape index (κ2) is 5.02. The van der Waals surface area contributed by atoms with Gasteiger partial charge in [-0.25, -0.2) is 0 Å². The summed E-state index contributed by atoms with van der Waals surface area (Å²) in [7, 11) is 1.73. The number of aromatic nitrogens is 1. The molecule has 2 aromatic rings. The molecular weight excluding hydrogens is 282 g/mol. The standard InChI is InChI=1S/C17H17NO4/c1-9-4-5-12-14(6-9)22-8-11-7-13(10(2)17(20)21)18(3)15(11)16(12)19/h4-7,10H,8H2,1-3H3,(H,20,21). The van der Waals surface area contributed by atoms with Crippen LogP contribution in [0.1, 0.15) is 45.7 Å². The second-order valence-corrected chi connectivity index (χ2v) is 5.68. The predicted octanol–water partition coefficient (Wildman–Crippen LogP) is 2.65. The number of carbonyl (C=O) groups is 2. The first-order valence-corrected chi connectivity index (χ1v) is 7.09. The van der Waals surface area contributed by atoms with Crippen molar-refractivity contribution in [3.8, 4) is 5.75 Å². The number of ether oxygens (including phenoxy) is 1. The Morgan fingerprint density at radius 2 is 2.09 bits per heavy atom. The van der Waals surface area contributed by atoms with Crippen LogP contribution < -0.4 is 4.74 Å². The third-order valence-corrected chi connectivity index (χ3v) is 4.14. The van der Waals surface area contributed by atoms with Crippen LogP contribution in [0.25, 0.3) is 0 Å². The minimum absolute atomic E-state index is 0.131. The molecule has 114 valence electrons. The number of hydrogen-bond donors (Lipinski definition) is 1. The fraction of sp³-hybridized carbons (Fsp3) is 0.294. The fourth-order valence-electron chi connectivity index (χ4n) is 2.86. The Bertz CT molecular complexity index is 788. The molecule has 0 fully saturated rings. The number of aryl methyl sites for hydroxylation is 1. The first-order valence-electron chi connectivity index (χ1n) is 7.09. The maximum absolute atomic E-state index is 12.8. The summed E-state index contributed by atoms with van der Waals surface area (Å²) in [5.74, 6) is -1.15. The van der Waals surface area contributed by atoms with E-state index < -0.39 is 11.9 Å². The molecule has 0 saturated heterocycles. The number of aliphatic carboxylic acids is 1. The van der Waals surface area contributed by atoms with Gasteiger partial charge in [-0.3, -0.25) is 9.59 Å². The maximum atomic E-state index is 12.8. The Kier molecular flexibility index (Phi) is 3.28. The van der Waals surface area contributed by atoms with E-state index >= 15 is 0 Å². The Hall–Kier alpha value is -2.56. The number of carboxylic acids is 1. The Balaban J connectivity index is 2.14. The van der Waals surface area contributed by atoms with Crippen molar-refractivity contribution in [2.24, 2.45) is 7.05 Å². The highest BCUT2D eigenvalue weighted by atomic mass is 16.5. The molecule has 1 N–H and O–H groups in total. The molecule has 1 aromatic carbocycles. The molecule has 0 aliphatic carbocycles. The van der Waals surface area contributed by atoms with E-state index in [1.807, 2.05) is 19.1 Å². The number of hydrogen-bond acceptors (Lipinski definition) is 3. The molecule has 1 atom stereocenters. The van der Waals surface area contributed by atoms with Crippen LogP contribution in [0.2, 0.25) is 0 Å². The van der Waals surface area contributed by atoms with Crippen LogP contribution in [0.3, 0.4) is 0 Å². The zero-order valence-corrected chi connectivity index (χ0v) is 12.7. The molecule has 0 saturated carbocycles. The lowest BCUT2D eigenvalue weighted by Crippen LogP contribution is -2.15. The van der Waals surface area contributed by atoms with Crippen LogP contribution >= 0.6 is 0 Å². The van der Waals surface area contributed by atoms with Crippen LogP contribution in [0.5, 0.6) is 5.75 Å². The van der Waals surface area contributed by atoms with Crippen molar-refractivity contribution in [3.63, 3.8) is 0 Å². The van der Waals surface area contributed by atoms with Gasteiger partial charge in [-0.2, -0.15) is 0 Å². The van der Waals surface area contributed by atoms with Crippen molar-refractivity contribution in [2.45, 2.75) is 26.4 Å². The van der Waals surface area contributed by atoms with E-state index in [2.05, 4.69) is 0 Å². The topological polar surface area (TPSA) is 68.5 Å². The SMILES string of the molecule is Cc1ccc2c(c1)OCc1cc(C(C)C(=O)O)n(C)c1C2=O. The van der Waals surface area contributed by atoms with E-state index in [4.69, 9.17) is 4.74 Å². The monoisotopic (exact) mass is 299 g/mol. The lowest BCUT2D eigenvalue weighted by Gasteiger charge is -2.11. The largest absolute Gasteiger partial charge is 0.488 e. The normalized spacial score (nSPS) is 14.6. The molecule has 0 spiro atoms. The summed E-state index contributed by atoms with van der Waals surface area (Å²) in [6.45, 7) is 3.82. The van der Waals surface area contributed by atoms with Gasteiger partial charge in [-0.15, -0.1) is 0 Å². The first-order chi connectivity index (χ1) is 10.4. The molecule has 1 aromatic heterocycles. The van der Waals surface area contributed by atoms with Gasteiger partial charge in [0.05, 0.1) is 17.2 Å². The molecule has 5 heteroatoms. The Labute approximate surface area is 128 Å². The number of nitrogens with zero attached hydrogens (tertiary/aromatic N) is 1. The third kappa shape index (κ3) is 2.09. The van der Waals surface area contributed by atoms with Gasteiger partial charge < -0.3 is 14.4 Å². The van der Waals surface area contributed by atoms with E-state index in [1.54, 1.807) is 30.7 Å². The van der Waals surface area contributed by atoms with Crippen LogP contribution in [0.4, 0.5) is 0 Å². The van der Waals surface area contributed by atoms with Crippen LogP contribution in [0, 0.1) is 6.92 Å². The van der Waals surface area contributed by atoms with E-state index in [0.717, 1.165) is 11.1 Å². The van der Waals surface area contributed by atoms with Crippen LogP contribution in [-0.2, 0) is 18.4 Å². The van der Waals surface area contributed by atoms with E-state index in [0.29, 0.717) is 22.7 Å². The van der Waals surface area contributed by atoms with Crippen LogP contribution in [0.15, 0.2) is 24.3 Å². The molecule has 0 radical (unpaired) electrons. The Morgan fingerprint density at radius 1 is 1.36 bits per heavy atom. The molecule has 1 aliphatic rings. The number of ketones is 1. The van der Waals surface area contributed by atoms with Gasteiger partial charge in [-0.05, 0) is 37.6 Å². The quantitative estimate of drug-likeness (QED) is 0.925. The van der Waals surface area contributed by atoms with Crippen molar-refractivity contribution in [1.82, 2.24) is 4.57 Å². The van der Waals surface area contributed by atoms with Gasteiger partial charge in [0.25, 0.3) is 0 Å². The number of rotatable bonds is 2. The van der Waals surface area contributed by atoms with E-state index in [9.17, 15) is 14.7 Å². The number of fused-ring (bicyclic) bond motifs is 2. The molecule has 0 bridgehead atoms. The van der Waals surface area contributed by atoms with Crippen LogP contribution in [-0.4, -0.2) is 21.4 Å². The van der Waals surface area contributed by atoms with Crippen molar-refractivity contribution < 1.29 is 19.4 Å². The zero-order chi connectivity index (χ0) is 16.0. The first kappa shape index (κ1) is 14.4. The minimum Gasteiger partial charge on any atom is -0.488 e. The van der Waals surface area contributed by atoms with Crippen molar-refractivity contribution >= 4 is 11.8 Å². The lowest BCUT2D eigenvalue weighted by molar-refractivity contribution is -0.138. The zero-order valence-electron chi connectivity index (χ0n) is 12.7. The smallest absolute Gasteiger partial charge is 0.312 e. The van der Waals surface area contributed by atoms with Gasteiger partial charge in [0, 0.05) is 18.3 Å². The predicted molar refractivity (Wildman–Crippen MR) is 80.4 cm³/mol. The highest BCUT2D eigenvalue weighted by Gasteiger charge is 2.29. The minimum atomic E-state index is -0.917. The van der Waals surface area contributed by atoms with Gasteiger partial charge in [0.15, 0.2) is 0 Å². The summed E-state index contributed by atoms with van der Waals surface area (Å²) in [5, 5.41) is 9.20. The van der Waals surface area contributed by atoms with Crippen molar-refractivity contribution in [2.75, 3.05) is 0 Å². The molecule has 3 rings (SSSR count). The number of benzene rings is 1. The van der Waals surface area contributed by atoms with Crippen molar-refractivity contribution in [1.29, 1.82) is 0 Å². The number of carbonyl (C=O) groups excluding carboxylic acids is 1. The molecule has 5 nitrogen and oxygen atoms in total. The highest BCUT2D eigenvalue weighted by Crippen LogP contribution is 2.32. The molecule has 2 heterocycles. The maximum Gasteiger partial charge on any atom is 0.312 e. The summed E-state index contributed by atoms with van der Waals surface area (Å²) in [6.07, 6.45) is 0. The summed E-state index contributed by atoms with van der Waals surface area (Å²) >= 11 is 0. The molecule has 22 heavy (non-hydrogen) atoms. The third-order valence-electron chi connectivity index (χ3n) is 4.14. The molecule has 1 aliphatic heterocycles. The second-order valence-electron chi connectivity index (χ2n) is 5.68. The van der Waals surface area contributed by atoms with Gasteiger partial charge in [0.2, 0.25) is 5.78 Å². The van der Waals surface area contributed by atoms with E-state index in [-0.39, 0.29) is 12.4 Å².